The lowest BCUT2D eigenvalue weighted by atomic mass is 10.3. The molecule has 1 aliphatic heterocycles. The summed E-state index contributed by atoms with van der Waals surface area (Å²) in [4.78, 5) is 20.9. The zero-order valence-electron chi connectivity index (χ0n) is 12.0. The van der Waals surface area contributed by atoms with Crippen molar-refractivity contribution in [1.82, 2.24) is 20.1 Å². The largest absolute Gasteiger partial charge is 0.339 e. The van der Waals surface area contributed by atoms with Crippen LogP contribution in [0.2, 0.25) is 0 Å². The van der Waals surface area contributed by atoms with E-state index in [1.54, 1.807) is 11.3 Å². The highest BCUT2D eigenvalue weighted by atomic mass is 32.1. The van der Waals surface area contributed by atoms with E-state index in [0.29, 0.717) is 12.6 Å². The van der Waals surface area contributed by atoms with E-state index in [1.807, 2.05) is 11.8 Å². The predicted octanol–water partition coefficient (Wildman–Crippen LogP) is 0.848. The van der Waals surface area contributed by atoms with Crippen LogP contribution in [0.25, 0.3) is 0 Å². The molecular weight excluding hydrogens is 272 g/mol. The van der Waals surface area contributed by atoms with Crippen molar-refractivity contribution in [3.8, 4) is 0 Å². The summed E-state index contributed by atoms with van der Waals surface area (Å²) in [5.41, 5.74) is 1.16. The van der Waals surface area contributed by atoms with E-state index < -0.39 is 0 Å². The Morgan fingerprint density at radius 3 is 2.75 bits per heavy atom. The fourth-order valence-electron chi connectivity index (χ4n) is 2.50. The number of rotatable bonds is 5. The summed E-state index contributed by atoms with van der Waals surface area (Å²) in [5.74, 6) is 0.251. The van der Waals surface area contributed by atoms with Gasteiger partial charge in [-0.1, -0.05) is 0 Å². The molecule has 3 rings (SSSR count). The highest BCUT2D eigenvalue weighted by molar-refractivity contribution is 7.09. The number of thiazole rings is 1. The van der Waals surface area contributed by atoms with Gasteiger partial charge in [0, 0.05) is 44.1 Å². The van der Waals surface area contributed by atoms with Crippen molar-refractivity contribution < 1.29 is 4.79 Å². The quantitative estimate of drug-likeness (QED) is 0.874. The molecule has 1 N–H and O–H groups in total. The minimum Gasteiger partial charge on any atom is -0.339 e. The lowest BCUT2D eigenvalue weighted by Crippen LogP contribution is -2.50. The number of hydrogen-bond donors (Lipinski definition) is 1. The Morgan fingerprint density at radius 2 is 2.15 bits per heavy atom. The van der Waals surface area contributed by atoms with Gasteiger partial charge in [0.25, 0.3) is 0 Å². The Kier molecular flexibility index (Phi) is 4.33. The van der Waals surface area contributed by atoms with Crippen molar-refractivity contribution in [1.29, 1.82) is 0 Å². The van der Waals surface area contributed by atoms with Crippen LogP contribution in [0.15, 0.2) is 5.38 Å². The van der Waals surface area contributed by atoms with Gasteiger partial charge in [0.05, 0.1) is 17.2 Å². The molecule has 2 aliphatic rings. The highest BCUT2D eigenvalue weighted by Crippen LogP contribution is 2.18. The van der Waals surface area contributed by atoms with E-state index in [9.17, 15) is 4.79 Å². The second-order valence-corrected chi connectivity index (χ2v) is 6.73. The molecule has 1 amide bonds. The first-order valence-electron chi connectivity index (χ1n) is 7.35. The number of aromatic nitrogens is 1. The Bertz CT molecular complexity index is 463. The molecule has 1 aliphatic carbocycles. The SMILES string of the molecule is Cc1nc(CN2CCN(C(=O)CNC3CC3)CC2)cs1. The van der Waals surface area contributed by atoms with Gasteiger partial charge in [0.2, 0.25) is 5.91 Å². The number of amides is 1. The van der Waals surface area contributed by atoms with Crippen LogP contribution in [0.4, 0.5) is 0 Å². The number of hydrogen-bond acceptors (Lipinski definition) is 5. The highest BCUT2D eigenvalue weighted by Gasteiger charge is 2.25. The molecule has 0 spiro atoms. The number of aryl methyl sites for hydroxylation is 1. The normalized spacial score (nSPS) is 20.4. The Labute approximate surface area is 124 Å². The van der Waals surface area contributed by atoms with Crippen molar-refractivity contribution in [2.75, 3.05) is 32.7 Å². The van der Waals surface area contributed by atoms with Crippen LogP contribution in [0.1, 0.15) is 23.5 Å². The number of nitrogens with zero attached hydrogens (tertiary/aromatic N) is 3. The monoisotopic (exact) mass is 294 g/mol. The van der Waals surface area contributed by atoms with Crippen LogP contribution < -0.4 is 5.32 Å². The second-order valence-electron chi connectivity index (χ2n) is 5.67. The fraction of sp³-hybridized carbons (Fsp3) is 0.714. The van der Waals surface area contributed by atoms with Gasteiger partial charge in [-0.3, -0.25) is 9.69 Å². The van der Waals surface area contributed by atoms with E-state index in [0.717, 1.165) is 43.4 Å². The molecule has 1 saturated heterocycles. The molecule has 110 valence electrons. The summed E-state index contributed by atoms with van der Waals surface area (Å²) in [6.07, 6.45) is 2.46. The zero-order chi connectivity index (χ0) is 13.9. The zero-order valence-corrected chi connectivity index (χ0v) is 12.8. The lowest BCUT2D eigenvalue weighted by Gasteiger charge is -2.34. The summed E-state index contributed by atoms with van der Waals surface area (Å²) in [6.45, 7) is 7.04. The fourth-order valence-corrected chi connectivity index (χ4v) is 3.10. The molecular formula is C14H22N4OS. The van der Waals surface area contributed by atoms with Gasteiger partial charge in [-0.25, -0.2) is 4.98 Å². The smallest absolute Gasteiger partial charge is 0.236 e. The summed E-state index contributed by atoms with van der Waals surface area (Å²) in [6, 6.07) is 0.605. The van der Waals surface area contributed by atoms with Crippen LogP contribution in [0, 0.1) is 6.92 Å². The van der Waals surface area contributed by atoms with Gasteiger partial charge in [-0.05, 0) is 19.8 Å². The van der Waals surface area contributed by atoms with Gasteiger partial charge < -0.3 is 10.2 Å². The first kappa shape index (κ1) is 14.0. The van der Waals surface area contributed by atoms with Crippen LogP contribution >= 0.6 is 11.3 Å². The molecule has 0 unspecified atom stereocenters. The second kappa shape index (κ2) is 6.20. The first-order chi connectivity index (χ1) is 9.70. The van der Waals surface area contributed by atoms with Crippen LogP contribution in [-0.4, -0.2) is 59.5 Å². The topological polar surface area (TPSA) is 48.5 Å². The average Bonchev–Trinajstić information content (AvgIpc) is 3.20. The van der Waals surface area contributed by atoms with Crippen molar-refractivity contribution >= 4 is 17.2 Å². The summed E-state index contributed by atoms with van der Waals surface area (Å²) >= 11 is 1.70. The molecule has 20 heavy (non-hydrogen) atoms. The van der Waals surface area contributed by atoms with Crippen molar-refractivity contribution in [3.63, 3.8) is 0 Å². The summed E-state index contributed by atoms with van der Waals surface area (Å²) in [7, 11) is 0. The maximum Gasteiger partial charge on any atom is 0.236 e. The molecule has 1 aromatic heterocycles. The van der Waals surface area contributed by atoms with E-state index >= 15 is 0 Å². The molecule has 2 heterocycles. The third kappa shape index (κ3) is 3.77. The van der Waals surface area contributed by atoms with Crippen LogP contribution in [0.5, 0.6) is 0 Å². The van der Waals surface area contributed by atoms with Crippen molar-refractivity contribution in [2.45, 2.75) is 32.4 Å². The number of carbonyl (C=O) groups excluding carboxylic acids is 1. The average molecular weight is 294 g/mol. The van der Waals surface area contributed by atoms with Gasteiger partial charge in [-0.2, -0.15) is 0 Å². The van der Waals surface area contributed by atoms with Crippen LogP contribution in [-0.2, 0) is 11.3 Å². The molecule has 1 saturated carbocycles. The molecule has 0 aromatic carbocycles. The van der Waals surface area contributed by atoms with E-state index in [-0.39, 0.29) is 5.91 Å². The maximum atomic E-state index is 12.0. The van der Waals surface area contributed by atoms with Crippen LogP contribution in [0.3, 0.4) is 0 Å². The molecule has 1 aromatic rings. The van der Waals surface area contributed by atoms with Gasteiger partial charge in [-0.15, -0.1) is 11.3 Å². The summed E-state index contributed by atoms with van der Waals surface area (Å²) in [5, 5.41) is 6.55. The molecule has 0 bridgehead atoms. The molecule has 0 atom stereocenters. The first-order valence-corrected chi connectivity index (χ1v) is 8.23. The van der Waals surface area contributed by atoms with E-state index in [4.69, 9.17) is 0 Å². The standard InChI is InChI=1S/C14H22N4OS/c1-11-16-13(10-20-11)9-17-4-6-18(7-5-17)14(19)8-15-12-2-3-12/h10,12,15H,2-9H2,1H3. The Balaban J connectivity index is 1.40. The van der Waals surface area contributed by atoms with Crippen molar-refractivity contribution in [3.05, 3.63) is 16.1 Å². The minimum atomic E-state index is 0.251. The molecule has 0 radical (unpaired) electrons. The summed E-state index contributed by atoms with van der Waals surface area (Å²) < 4.78 is 0. The van der Waals surface area contributed by atoms with Gasteiger partial charge in [0.15, 0.2) is 0 Å². The maximum absolute atomic E-state index is 12.0. The van der Waals surface area contributed by atoms with E-state index in [2.05, 4.69) is 20.6 Å². The third-order valence-corrected chi connectivity index (χ3v) is 4.72. The number of carbonyl (C=O) groups is 1. The molecule has 5 nitrogen and oxygen atoms in total. The lowest BCUT2D eigenvalue weighted by molar-refractivity contribution is -0.132. The van der Waals surface area contributed by atoms with Crippen molar-refractivity contribution in [2.24, 2.45) is 0 Å². The van der Waals surface area contributed by atoms with Gasteiger partial charge >= 0.3 is 0 Å². The number of nitrogens with one attached hydrogen (secondary N) is 1. The minimum absolute atomic E-state index is 0.251. The van der Waals surface area contributed by atoms with Gasteiger partial charge in [0.1, 0.15) is 0 Å². The third-order valence-electron chi connectivity index (χ3n) is 3.90. The molecule has 2 fully saturated rings. The Morgan fingerprint density at radius 1 is 1.40 bits per heavy atom. The predicted molar refractivity (Wildman–Crippen MR) is 79.7 cm³/mol. The number of piperazine rings is 1. The Hall–Kier alpha value is -0.980. The van der Waals surface area contributed by atoms with E-state index in [1.165, 1.54) is 12.8 Å². The molecule has 6 heteroatoms.